The number of carbonyl (C=O) groups is 3. The van der Waals surface area contributed by atoms with E-state index in [4.69, 9.17) is 28.0 Å². The fourth-order valence-electron chi connectivity index (χ4n) is 0.861. The number of methoxy groups -OCH3 is 3. The maximum absolute atomic E-state index is 10.5. The highest BCUT2D eigenvalue weighted by Gasteiger charge is 2.11. The van der Waals surface area contributed by atoms with E-state index in [-0.39, 0.29) is 12.6 Å². The molecule has 0 aromatic rings. The summed E-state index contributed by atoms with van der Waals surface area (Å²) in [4.78, 5) is 30.9. The van der Waals surface area contributed by atoms with Crippen LogP contribution in [0.1, 0.15) is 13.3 Å². The second-order valence-electron chi connectivity index (χ2n) is 4.33. The Labute approximate surface area is 141 Å². The Morgan fingerprint density at radius 2 is 1.25 bits per heavy atom. The highest BCUT2D eigenvalue weighted by Crippen LogP contribution is 1.87. The number of hydrogen-bond acceptors (Lipinski definition) is 11. The largest absolute Gasteiger partial charge is 0.468 e. The van der Waals surface area contributed by atoms with Crippen LogP contribution in [0.4, 0.5) is 0 Å². The molecule has 0 rings (SSSR count). The van der Waals surface area contributed by atoms with Crippen LogP contribution in [0.2, 0.25) is 0 Å². The normalized spacial score (nSPS) is 12.9. The number of hydrogen-bond donors (Lipinski definition) is 5. The van der Waals surface area contributed by atoms with Crippen LogP contribution in [0.3, 0.4) is 0 Å². The second kappa shape index (κ2) is 17.6. The molecule has 0 aliphatic carbocycles. The van der Waals surface area contributed by atoms with Crippen molar-refractivity contribution >= 4 is 17.9 Å². The van der Waals surface area contributed by atoms with E-state index < -0.39 is 30.1 Å². The van der Waals surface area contributed by atoms with Crippen LogP contribution in [0.5, 0.6) is 0 Å². The predicted octanol–water partition coefficient (Wildman–Crippen LogP) is -3.18. The molecule has 0 saturated heterocycles. The summed E-state index contributed by atoms with van der Waals surface area (Å²) in [5, 5.41) is 8.21. The lowest BCUT2D eigenvalue weighted by atomic mass is 10.2. The van der Waals surface area contributed by atoms with Crippen LogP contribution in [0, 0.1) is 0 Å². The molecule has 0 aliphatic heterocycles. The zero-order valence-corrected chi connectivity index (χ0v) is 14.6. The molecule has 11 heteroatoms. The van der Waals surface area contributed by atoms with Gasteiger partial charge in [-0.3, -0.25) is 14.4 Å². The molecule has 24 heavy (non-hydrogen) atoms. The van der Waals surface area contributed by atoms with Gasteiger partial charge in [0.2, 0.25) is 0 Å². The molecule has 0 unspecified atom stereocenters. The minimum absolute atomic E-state index is 0.368. The smallest absolute Gasteiger partial charge is 0.325 e. The fraction of sp³-hybridized carbons (Fsp3) is 0.769. The quantitative estimate of drug-likeness (QED) is 0.237. The molecule has 0 saturated carbocycles. The van der Waals surface area contributed by atoms with E-state index in [0.717, 1.165) is 0 Å². The van der Waals surface area contributed by atoms with Gasteiger partial charge in [0.05, 0.1) is 27.9 Å². The number of ether oxygens (including phenoxy) is 3. The Balaban J connectivity index is -0.000000278. The number of aliphatic hydroxyl groups is 1. The Hall–Kier alpha value is -1.79. The summed E-state index contributed by atoms with van der Waals surface area (Å²) in [7, 11) is 3.84. The van der Waals surface area contributed by atoms with Crippen LogP contribution in [-0.4, -0.2) is 75.6 Å². The zero-order valence-electron chi connectivity index (χ0n) is 14.6. The molecule has 0 aliphatic rings. The van der Waals surface area contributed by atoms with Crippen molar-refractivity contribution in [3.05, 3.63) is 0 Å². The van der Waals surface area contributed by atoms with E-state index >= 15 is 0 Å². The van der Waals surface area contributed by atoms with Gasteiger partial charge in [0.15, 0.2) is 0 Å². The number of nitrogens with two attached hydrogens (primary N) is 4. The standard InChI is InChI=1S/C5H12N2O2.C4H9NO3.C4H9NO2/c1-9-5(8)4(7)2-3-6;1-8-4(7)3(5)2-6;1-3(5)4(6)7-2/h4H,2-3,6-7H2,1H3;3,6H,2,5H2,1H3;3H,5H2,1-2H3/t4-;2*3-/m111/s1. The summed E-state index contributed by atoms with van der Waals surface area (Å²) in [6, 6.07) is -1.94. The summed E-state index contributed by atoms with van der Waals surface area (Å²) >= 11 is 0. The third-order valence-electron chi connectivity index (χ3n) is 2.26. The van der Waals surface area contributed by atoms with E-state index in [1.807, 2.05) is 0 Å². The Morgan fingerprint density at radius 3 is 1.42 bits per heavy atom. The van der Waals surface area contributed by atoms with Crippen molar-refractivity contribution in [2.45, 2.75) is 31.5 Å². The summed E-state index contributed by atoms with van der Waals surface area (Å²) in [5.41, 5.74) is 20.5. The third-order valence-corrected chi connectivity index (χ3v) is 2.26. The third kappa shape index (κ3) is 16.6. The van der Waals surface area contributed by atoms with E-state index in [1.165, 1.54) is 21.3 Å². The number of carbonyl (C=O) groups excluding carboxylic acids is 3. The molecule has 0 spiro atoms. The lowest BCUT2D eigenvalue weighted by Gasteiger charge is -2.05. The molecule has 0 amide bonds. The van der Waals surface area contributed by atoms with Gasteiger partial charge in [-0.25, -0.2) is 0 Å². The zero-order chi connectivity index (χ0) is 19.7. The Bertz CT molecular complexity index is 353. The van der Waals surface area contributed by atoms with Gasteiger partial charge in [-0.2, -0.15) is 0 Å². The van der Waals surface area contributed by atoms with Gasteiger partial charge in [-0.05, 0) is 19.9 Å². The minimum Gasteiger partial charge on any atom is -0.468 e. The van der Waals surface area contributed by atoms with Crippen molar-refractivity contribution in [3.63, 3.8) is 0 Å². The molecule has 144 valence electrons. The second-order valence-corrected chi connectivity index (χ2v) is 4.33. The molecule has 0 aromatic heterocycles. The lowest BCUT2D eigenvalue weighted by molar-refractivity contribution is -0.143. The molecule has 0 bridgehead atoms. The average molecular weight is 354 g/mol. The Kier molecular flexibility index (Phi) is 19.8. The monoisotopic (exact) mass is 354 g/mol. The van der Waals surface area contributed by atoms with Crippen LogP contribution in [0.15, 0.2) is 0 Å². The topological polar surface area (TPSA) is 203 Å². The SMILES string of the molecule is COC(=O)[C@@H](C)N.COC(=O)[C@H](N)CCN.COC(=O)[C@H](N)CO. The van der Waals surface area contributed by atoms with Crippen LogP contribution in [-0.2, 0) is 28.6 Å². The number of aliphatic hydroxyl groups excluding tert-OH is 1. The molecular weight excluding hydrogens is 324 g/mol. The summed E-state index contributed by atoms with van der Waals surface area (Å²) < 4.78 is 12.8. The summed E-state index contributed by atoms with van der Waals surface area (Å²) in [6.07, 6.45) is 0.479. The molecule has 0 fully saturated rings. The van der Waals surface area contributed by atoms with E-state index in [0.29, 0.717) is 13.0 Å². The highest BCUT2D eigenvalue weighted by atomic mass is 16.5. The molecule has 11 nitrogen and oxygen atoms in total. The molecule has 0 radical (unpaired) electrons. The van der Waals surface area contributed by atoms with E-state index in [9.17, 15) is 14.4 Å². The molecular formula is C13H30N4O7. The summed E-state index contributed by atoms with van der Waals surface area (Å²) in [6.45, 7) is 1.62. The van der Waals surface area contributed by atoms with Crippen molar-refractivity contribution in [2.75, 3.05) is 34.5 Å². The molecule has 9 N–H and O–H groups in total. The number of esters is 3. The fourth-order valence-corrected chi connectivity index (χ4v) is 0.861. The molecule has 0 aromatic carbocycles. The van der Waals surface area contributed by atoms with E-state index in [1.54, 1.807) is 6.92 Å². The van der Waals surface area contributed by atoms with Crippen molar-refractivity contribution in [1.29, 1.82) is 0 Å². The summed E-state index contributed by atoms with van der Waals surface area (Å²) in [5.74, 6) is -1.37. The van der Waals surface area contributed by atoms with Crippen molar-refractivity contribution in [3.8, 4) is 0 Å². The first-order chi connectivity index (χ1) is 11.1. The first kappa shape index (κ1) is 27.1. The van der Waals surface area contributed by atoms with Gasteiger partial charge in [0, 0.05) is 0 Å². The van der Waals surface area contributed by atoms with Gasteiger partial charge in [-0.1, -0.05) is 0 Å². The lowest BCUT2D eigenvalue weighted by Crippen LogP contribution is -2.34. The highest BCUT2D eigenvalue weighted by molar-refractivity contribution is 5.75. The predicted molar refractivity (Wildman–Crippen MR) is 86.4 cm³/mol. The first-order valence-corrected chi connectivity index (χ1v) is 6.93. The van der Waals surface area contributed by atoms with Crippen LogP contribution >= 0.6 is 0 Å². The van der Waals surface area contributed by atoms with Crippen molar-refractivity contribution < 1.29 is 33.7 Å². The van der Waals surface area contributed by atoms with Crippen molar-refractivity contribution in [1.82, 2.24) is 0 Å². The van der Waals surface area contributed by atoms with Gasteiger partial charge in [0.25, 0.3) is 0 Å². The van der Waals surface area contributed by atoms with Gasteiger partial charge < -0.3 is 42.3 Å². The number of rotatable bonds is 6. The Morgan fingerprint density at radius 1 is 0.875 bits per heavy atom. The minimum atomic E-state index is -0.889. The molecule has 0 heterocycles. The maximum Gasteiger partial charge on any atom is 0.325 e. The first-order valence-electron chi connectivity index (χ1n) is 6.93. The van der Waals surface area contributed by atoms with Gasteiger partial charge in [-0.15, -0.1) is 0 Å². The van der Waals surface area contributed by atoms with Crippen molar-refractivity contribution in [2.24, 2.45) is 22.9 Å². The van der Waals surface area contributed by atoms with Crippen LogP contribution in [0.25, 0.3) is 0 Å². The average Bonchev–Trinajstić information content (AvgIpc) is 2.59. The van der Waals surface area contributed by atoms with Gasteiger partial charge >= 0.3 is 17.9 Å². The molecule has 3 atom stereocenters. The van der Waals surface area contributed by atoms with Crippen LogP contribution < -0.4 is 22.9 Å². The maximum atomic E-state index is 10.5. The van der Waals surface area contributed by atoms with E-state index in [2.05, 4.69) is 14.2 Å². The van der Waals surface area contributed by atoms with Gasteiger partial charge in [0.1, 0.15) is 18.1 Å².